The molecular formula is C30H42N4O. The van der Waals surface area contributed by atoms with Crippen LogP contribution in [0.15, 0.2) is 60.9 Å². The maximum absolute atomic E-state index is 5.37. The third-order valence-electron chi connectivity index (χ3n) is 6.93. The molecule has 0 aliphatic carbocycles. The number of para-hydroxylation sites is 2. The molecule has 6 rings (SSSR count). The summed E-state index contributed by atoms with van der Waals surface area (Å²) in [5, 5.41) is 9.49. The molecule has 188 valence electrons. The Kier molecular flexibility index (Phi) is 9.82. The van der Waals surface area contributed by atoms with Gasteiger partial charge in [0.1, 0.15) is 0 Å². The van der Waals surface area contributed by atoms with Crippen molar-refractivity contribution in [3.8, 4) is 0 Å². The number of nitrogens with zero attached hydrogens (tertiary/aromatic N) is 1. The molecule has 0 amide bonds. The molecule has 0 radical (unpaired) electrons. The zero-order valence-electron chi connectivity index (χ0n) is 21.5. The zero-order valence-corrected chi connectivity index (χ0v) is 21.5. The van der Waals surface area contributed by atoms with Crippen molar-refractivity contribution in [2.45, 2.75) is 58.5 Å². The Morgan fingerprint density at radius 1 is 0.943 bits per heavy atom. The van der Waals surface area contributed by atoms with Crippen molar-refractivity contribution in [3.63, 3.8) is 0 Å². The number of nitrogens with one attached hydrogen (secondary N) is 3. The highest BCUT2D eigenvalue weighted by molar-refractivity contribution is 5.84. The van der Waals surface area contributed by atoms with E-state index in [1.54, 1.807) is 0 Å². The molecule has 1 atom stereocenters. The molecule has 2 aromatic carbocycles. The fourth-order valence-corrected chi connectivity index (χ4v) is 5.04. The molecule has 35 heavy (non-hydrogen) atoms. The summed E-state index contributed by atoms with van der Waals surface area (Å²) in [7, 11) is 0. The molecule has 2 aliphatic rings. The van der Waals surface area contributed by atoms with Gasteiger partial charge in [0, 0.05) is 53.4 Å². The average molecular weight is 475 g/mol. The lowest BCUT2D eigenvalue weighted by atomic mass is 10.0. The number of rotatable bonds is 6. The Hall–Kier alpha value is -2.60. The number of H-pyrrole nitrogens is 1. The van der Waals surface area contributed by atoms with Gasteiger partial charge in [-0.15, -0.1) is 0 Å². The first kappa shape index (κ1) is 25.5. The minimum atomic E-state index is 0.684. The molecule has 3 N–H and O–H groups in total. The number of ether oxygens (including phenoxy) is 1. The van der Waals surface area contributed by atoms with Gasteiger partial charge in [0.25, 0.3) is 0 Å². The Morgan fingerprint density at radius 3 is 2.43 bits per heavy atom. The van der Waals surface area contributed by atoms with Crippen molar-refractivity contribution < 1.29 is 4.74 Å². The van der Waals surface area contributed by atoms with Crippen LogP contribution in [0.25, 0.3) is 21.8 Å². The topological polar surface area (TPSA) is 54.0 Å². The Bertz CT molecular complexity index is 1140. The second-order valence-electron chi connectivity index (χ2n) is 9.53. The van der Waals surface area contributed by atoms with Gasteiger partial charge < -0.3 is 24.9 Å². The number of aromatic nitrogens is 2. The van der Waals surface area contributed by atoms with Gasteiger partial charge in [0.15, 0.2) is 0 Å². The summed E-state index contributed by atoms with van der Waals surface area (Å²) in [5.41, 5.74) is 5.34. The monoisotopic (exact) mass is 474 g/mol. The fourth-order valence-electron chi connectivity index (χ4n) is 5.04. The highest BCUT2D eigenvalue weighted by Gasteiger charge is 2.15. The molecule has 0 bridgehead atoms. The first-order chi connectivity index (χ1) is 17.3. The molecule has 2 fully saturated rings. The number of aromatic amines is 1. The van der Waals surface area contributed by atoms with E-state index in [2.05, 4.69) is 88.0 Å². The van der Waals surface area contributed by atoms with Gasteiger partial charge in [-0.3, -0.25) is 0 Å². The van der Waals surface area contributed by atoms with Crippen LogP contribution < -0.4 is 10.6 Å². The van der Waals surface area contributed by atoms with Crippen LogP contribution in [0.2, 0.25) is 0 Å². The minimum absolute atomic E-state index is 0.684. The summed E-state index contributed by atoms with van der Waals surface area (Å²) in [6, 6.07) is 17.7. The van der Waals surface area contributed by atoms with Gasteiger partial charge in [-0.2, -0.15) is 0 Å². The summed E-state index contributed by atoms with van der Waals surface area (Å²) >= 11 is 0. The lowest BCUT2D eigenvalue weighted by Gasteiger charge is -2.08. The molecule has 1 unspecified atom stereocenters. The van der Waals surface area contributed by atoms with E-state index < -0.39 is 0 Å². The van der Waals surface area contributed by atoms with E-state index in [1.807, 2.05) is 6.92 Å². The predicted molar refractivity (Wildman–Crippen MR) is 148 cm³/mol. The molecule has 2 saturated heterocycles. The van der Waals surface area contributed by atoms with Crippen LogP contribution in [-0.4, -0.2) is 48.4 Å². The van der Waals surface area contributed by atoms with Crippen LogP contribution in [0.1, 0.15) is 43.7 Å². The SMILES string of the molecule is C1CCNC1.CCOCCn1cc(C)c2ccccc21.c1ccc2c(CC3CCCN3)c[nH]c2c1. The summed E-state index contributed by atoms with van der Waals surface area (Å²) in [4.78, 5) is 3.33. The second-order valence-corrected chi connectivity index (χ2v) is 9.53. The highest BCUT2D eigenvalue weighted by Crippen LogP contribution is 2.21. The van der Waals surface area contributed by atoms with Gasteiger partial charge in [-0.05, 0) is 88.8 Å². The van der Waals surface area contributed by atoms with E-state index in [0.717, 1.165) is 26.2 Å². The van der Waals surface area contributed by atoms with Crippen molar-refractivity contribution in [3.05, 3.63) is 72.1 Å². The van der Waals surface area contributed by atoms with Crippen molar-refractivity contribution in [1.82, 2.24) is 20.2 Å². The van der Waals surface area contributed by atoms with Crippen molar-refractivity contribution >= 4 is 21.8 Å². The molecule has 4 aromatic rings. The van der Waals surface area contributed by atoms with Gasteiger partial charge in [0.2, 0.25) is 0 Å². The molecule has 0 saturated carbocycles. The van der Waals surface area contributed by atoms with E-state index in [0.29, 0.717) is 6.04 Å². The molecular weight excluding hydrogens is 432 g/mol. The van der Waals surface area contributed by atoms with Crippen molar-refractivity contribution in [1.29, 1.82) is 0 Å². The Morgan fingerprint density at radius 2 is 1.71 bits per heavy atom. The molecule has 2 aromatic heterocycles. The van der Waals surface area contributed by atoms with Crippen molar-refractivity contribution in [2.24, 2.45) is 0 Å². The number of hydrogen-bond donors (Lipinski definition) is 3. The highest BCUT2D eigenvalue weighted by atomic mass is 16.5. The largest absolute Gasteiger partial charge is 0.380 e. The third kappa shape index (κ3) is 7.20. The third-order valence-corrected chi connectivity index (χ3v) is 6.93. The summed E-state index contributed by atoms with van der Waals surface area (Å²) in [6.07, 6.45) is 10.9. The van der Waals surface area contributed by atoms with Crippen LogP contribution in [0.3, 0.4) is 0 Å². The van der Waals surface area contributed by atoms with E-state index >= 15 is 0 Å². The van der Waals surface area contributed by atoms with E-state index in [-0.39, 0.29) is 0 Å². The zero-order chi connectivity index (χ0) is 24.3. The lowest BCUT2D eigenvalue weighted by Crippen LogP contribution is -2.23. The fraction of sp³-hybridized carbons (Fsp3) is 0.467. The van der Waals surface area contributed by atoms with Crippen LogP contribution in [-0.2, 0) is 17.7 Å². The molecule has 2 aliphatic heterocycles. The van der Waals surface area contributed by atoms with Gasteiger partial charge in [0.05, 0.1) is 6.61 Å². The normalized spacial score (nSPS) is 17.3. The predicted octanol–water partition coefficient (Wildman–Crippen LogP) is 5.82. The van der Waals surface area contributed by atoms with Crippen LogP contribution in [0.5, 0.6) is 0 Å². The Labute approximate surface area is 210 Å². The van der Waals surface area contributed by atoms with E-state index in [1.165, 1.54) is 78.3 Å². The standard InChI is InChI=1S/C13H16N2.C13H17NO.C4H9N/c1-2-6-13-12(5-1)10(9-15-13)8-11-4-3-7-14-11;1-3-15-9-8-14-10-11(2)12-6-4-5-7-13(12)14;1-2-4-5-3-1/h1-2,5-6,9,11,14-15H,3-4,7-8H2;4-7,10H,3,8-9H2,1-2H3;5H,1-4H2. The Balaban J connectivity index is 0.000000138. The quantitative estimate of drug-likeness (QED) is 0.309. The van der Waals surface area contributed by atoms with Crippen molar-refractivity contribution in [2.75, 3.05) is 32.8 Å². The molecule has 0 spiro atoms. The van der Waals surface area contributed by atoms with E-state index in [4.69, 9.17) is 4.74 Å². The van der Waals surface area contributed by atoms with Gasteiger partial charge in [-0.1, -0.05) is 36.4 Å². The molecule has 5 heteroatoms. The first-order valence-corrected chi connectivity index (χ1v) is 13.4. The summed E-state index contributed by atoms with van der Waals surface area (Å²) in [5.74, 6) is 0. The number of fused-ring (bicyclic) bond motifs is 2. The van der Waals surface area contributed by atoms with Crippen LogP contribution in [0, 0.1) is 6.92 Å². The summed E-state index contributed by atoms with van der Waals surface area (Å²) in [6.45, 7) is 10.4. The van der Waals surface area contributed by atoms with Gasteiger partial charge >= 0.3 is 0 Å². The first-order valence-electron chi connectivity index (χ1n) is 13.4. The van der Waals surface area contributed by atoms with Gasteiger partial charge in [-0.25, -0.2) is 0 Å². The maximum Gasteiger partial charge on any atom is 0.0645 e. The number of aryl methyl sites for hydroxylation is 1. The lowest BCUT2D eigenvalue weighted by molar-refractivity contribution is 0.140. The number of benzene rings is 2. The molecule has 4 heterocycles. The van der Waals surface area contributed by atoms with Crippen LogP contribution in [0.4, 0.5) is 0 Å². The second kappa shape index (κ2) is 13.5. The maximum atomic E-state index is 5.37. The average Bonchev–Trinajstić information content (AvgIpc) is 3.71. The van der Waals surface area contributed by atoms with Crippen LogP contribution >= 0.6 is 0 Å². The molecule has 5 nitrogen and oxygen atoms in total. The minimum Gasteiger partial charge on any atom is -0.380 e. The van der Waals surface area contributed by atoms with E-state index in [9.17, 15) is 0 Å². The summed E-state index contributed by atoms with van der Waals surface area (Å²) < 4.78 is 7.64. The number of hydrogen-bond acceptors (Lipinski definition) is 3. The smallest absolute Gasteiger partial charge is 0.0645 e.